The van der Waals surface area contributed by atoms with Gasteiger partial charge >= 0.3 is 6.36 Å². The van der Waals surface area contributed by atoms with Gasteiger partial charge in [-0.25, -0.2) is 13.6 Å². The number of alkyl halides is 3. The maximum absolute atomic E-state index is 11.9. The van der Waals surface area contributed by atoms with E-state index < -0.39 is 32.7 Å². The lowest BCUT2D eigenvalue weighted by atomic mass is 10.3. The lowest BCUT2D eigenvalue weighted by Crippen LogP contribution is -2.18. The predicted molar refractivity (Wildman–Crippen MR) is 56.6 cm³/mol. The van der Waals surface area contributed by atoms with E-state index in [1.54, 1.807) is 0 Å². The summed E-state index contributed by atoms with van der Waals surface area (Å²) < 4.78 is 61.3. The van der Waals surface area contributed by atoms with E-state index in [2.05, 4.69) is 20.7 Å². The van der Waals surface area contributed by atoms with Crippen LogP contribution in [0.2, 0.25) is 0 Å². The molecule has 10 heteroatoms. The molecule has 0 bridgehead atoms. The first-order valence-corrected chi connectivity index (χ1v) is 6.22. The average molecular weight is 335 g/mol. The largest absolute Gasteiger partial charge is 0.573 e. The van der Waals surface area contributed by atoms with Crippen LogP contribution in [0.5, 0.6) is 5.75 Å². The van der Waals surface area contributed by atoms with Crippen LogP contribution in [-0.2, 0) is 10.0 Å². The molecular formula is C7H6BrF3N2O3S. The molecule has 0 aliphatic heterocycles. The molecule has 0 amide bonds. The van der Waals surface area contributed by atoms with E-state index in [9.17, 15) is 21.6 Å². The van der Waals surface area contributed by atoms with E-state index in [0.29, 0.717) is 0 Å². The minimum absolute atomic E-state index is 0.209. The first-order valence-electron chi connectivity index (χ1n) is 3.88. The van der Waals surface area contributed by atoms with Gasteiger partial charge in [0.15, 0.2) is 0 Å². The number of hydrogen-bond donors (Lipinski definition) is 2. The fraction of sp³-hybridized carbons (Fsp3) is 0.143. The van der Waals surface area contributed by atoms with Crippen LogP contribution in [0.4, 0.5) is 18.9 Å². The van der Waals surface area contributed by atoms with Crippen molar-refractivity contribution in [1.82, 2.24) is 0 Å². The summed E-state index contributed by atoms with van der Waals surface area (Å²) in [6, 6.07) is 1.53. The maximum Gasteiger partial charge on any atom is 0.573 e. The number of nitrogen functional groups attached to an aromatic ring is 1. The Morgan fingerprint density at radius 1 is 1.29 bits per heavy atom. The third-order valence-corrected chi connectivity index (χ3v) is 3.48. The quantitative estimate of drug-likeness (QED) is 0.802. The maximum atomic E-state index is 11.9. The fourth-order valence-corrected chi connectivity index (χ4v) is 2.93. The second-order valence-electron chi connectivity index (χ2n) is 2.92. The molecule has 96 valence electrons. The third kappa shape index (κ3) is 3.75. The van der Waals surface area contributed by atoms with Gasteiger partial charge in [-0.05, 0) is 22.0 Å². The van der Waals surface area contributed by atoms with Crippen LogP contribution >= 0.6 is 15.9 Å². The van der Waals surface area contributed by atoms with Crippen molar-refractivity contribution < 1.29 is 26.3 Å². The van der Waals surface area contributed by atoms with Crippen molar-refractivity contribution in [2.24, 2.45) is 5.14 Å². The summed E-state index contributed by atoms with van der Waals surface area (Å²) in [5.74, 6) is -0.644. The lowest BCUT2D eigenvalue weighted by molar-refractivity contribution is -0.274. The van der Waals surface area contributed by atoms with Gasteiger partial charge in [0.1, 0.15) is 10.6 Å². The predicted octanol–water partition coefficient (Wildman–Crippen LogP) is 1.58. The Bertz CT molecular complexity index is 521. The van der Waals surface area contributed by atoms with Gasteiger partial charge in [-0.3, -0.25) is 0 Å². The standard InChI is InChI=1S/C7H6BrF3N2O3S/c8-4-1-3(16-7(9,10)11)2-5(12)6(4)17(13,14)15/h1-2H,12H2,(H2,13,14,15). The molecule has 0 saturated carbocycles. The Morgan fingerprint density at radius 2 is 1.82 bits per heavy atom. The van der Waals surface area contributed by atoms with Gasteiger partial charge in [-0.1, -0.05) is 0 Å². The van der Waals surface area contributed by atoms with Crippen LogP contribution in [0.15, 0.2) is 21.5 Å². The molecule has 0 aliphatic carbocycles. The smallest absolute Gasteiger partial charge is 0.406 e. The van der Waals surface area contributed by atoms with Crippen molar-refractivity contribution in [3.63, 3.8) is 0 Å². The summed E-state index contributed by atoms with van der Waals surface area (Å²) in [5.41, 5.74) is 4.85. The molecule has 4 N–H and O–H groups in total. The zero-order valence-corrected chi connectivity index (χ0v) is 10.4. The van der Waals surface area contributed by atoms with E-state index >= 15 is 0 Å². The number of rotatable bonds is 2. The highest BCUT2D eigenvalue weighted by molar-refractivity contribution is 9.10. The highest BCUT2D eigenvalue weighted by Gasteiger charge is 2.32. The van der Waals surface area contributed by atoms with Crippen LogP contribution in [0.25, 0.3) is 0 Å². The number of anilines is 1. The molecule has 0 atom stereocenters. The van der Waals surface area contributed by atoms with Gasteiger partial charge in [0.25, 0.3) is 0 Å². The molecule has 0 unspecified atom stereocenters. The molecule has 1 aromatic carbocycles. The second-order valence-corrected chi connectivity index (χ2v) is 5.27. The van der Waals surface area contributed by atoms with Gasteiger partial charge in [-0.15, -0.1) is 13.2 Å². The zero-order chi connectivity index (χ0) is 13.4. The van der Waals surface area contributed by atoms with Crippen LogP contribution in [0.1, 0.15) is 0 Å². The van der Waals surface area contributed by atoms with Crippen LogP contribution in [0, 0.1) is 0 Å². The summed E-state index contributed by atoms with van der Waals surface area (Å²) in [6.07, 6.45) is -4.89. The van der Waals surface area contributed by atoms with Crippen molar-refractivity contribution >= 4 is 31.6 Å². The molecule has 0 fully saturated rings. The molecule has 0 heterocycles. The van der Waals surface area contributed by atoms with Gasteiger partial charge in [0.05, 0.1) is 5.69 Å². The number of benzene rings is 1. The fourth-order valence-electron chi connectivity index (χ4n) is 1.08. The minimum atomic E-state index is -4.89. The molecular weight excluding hydrogens is 329 g/mol. The summed E-state index contributed by atoms with van der Waals surface area (Å²) >= 11 is 2.75. The highest BCUT2D eigenvalue weighted by Crippen LogP contribution is 2.34. The van der Waals surface area contributed by atoms with Crippen molar-refractivity contribution in [2.45, 2.75) is 11.3 Å². The van der Waals surface area contributed by atoms with Crippen LogP contribution in [0.3, 0.4) is 0 Å². The number of nitrogens with two attached hydrogens (primary N) is 2. The first kappa shape index (κ1) is 14.1. The molecule has 0 radical (unpaired) electrons. The number of ether oxygens (including phenoxy) is 1. The lowest BCUT2D eigenvalue weighted by Gasteiger charge is -2.12. The minimum Gasteiger partial charge on any atom is -0.406 e. The van der Waals surface area contributed by atoms with Gasteiger partial charge in [0, 0.05) is 10.5 Å². The number of hydrogen-bond acceptors (Lipinski definition) is 4. The molecule has 0 saturated heterocycles. The molecule has 0 aliphatic rings. The Morgan fingerprint density at radius 3 is 2.18 bits per heavy atom. The van der Waals surface area contributed by atoms with Crippen molar-refractivity contribution in [3.05, 3.63) is 16.6 Å². The third-order valence-electron chi connectivity index (χ3n) is 1.56. The Kier molecular flexibility index (Phi) is 3.60. The number of halogens is 4. The van der Waals surface area contributed by atoms with E-state index in [4.69, 9.17) is 10.9 Å². The van der Waals surface area contributed by atoms with E-state index in [1.807, 2.05) is 0 Å². The van der Waals surface area contributed by atoms with E-state index in [1.165, 1.54) is 0 Å². The SMILES string of the molecule is Nc1cc(OC(F)(F)F)cc(Br)c1S(N)(=O)=O. The number of primary sulfonamides is 1. The van der Waals surface area contributed by atoms with Crippen molar-refractivity contribution in [2.75, 3.05) is 5.73 Å². The number of sulfonamides is 1. The Balaban J connectivity index is 3.29. The zero-order valence-electron chi connectivity index (χ0n) is 7.95. The average Bonchev–Trinajstić information content (AvgIpc) is 1.94. The molecule has 17 heavy (non-hydrogen) atoms. The van der Waals surface area contributed by atoms with Gasteiger partial charge < -0.3 is 10.5 Å². The summed E-state index contributed by atoms with van der Waals surface area (Å²) in [4.78, 5) is -0.493. The van der Waals surface area contributed by atoms with Gasteiger partial charge in [-0.2, -0.15) is 0 Å². The van der Waals surface area contributed by atoms with Gasteiger partial charge in [0.2, 0.25) is 10.0 Å². The second kappa shape index (κ2) is 4.35. The highest BCUT2D eigenvalue weighted by atomic mass is 79.9. The van der Waals surface area contributed by atoms with Crippen LogP contribution < -0.4 is 15.6 Å². The topological polar surface area (TPSA) is 95.4 Å². The van der Waals surface area contributed by atoms with E-state index in [-0.39, 0.29) is 4.47 Å². The molecule has 1 rings (SSSR count). The Labute approximate surface area is 103 Å². The van der Waals surface area contributed by atoms with Crippen molar-refractivity contribution in [3.8, 4) is 5.75 Å². The summed E-state index contributed by atoms with van der Waals surface area (Å²) in [6.45, 7) is 0. The summed E-state index contributed by atoms with van der Waals surface area (Å²) in [7, 11) is -4.13. The monoisotopic (exact) mass is 334 g/mol. The molecule has 5 nitrogen and oxygen atoms in total. The molecule has 0 spiro atoms. The first-order chi connectivity index (χ1) is 7.50. The molecule has 0 aromatic heterocycles. The van der Waals surface area contributed by atoms with E-state index in [0.717, 1.165) is 12.1 Å². The Hall–Kier alpha value is -1.00. The van der Waals surface area contributed by atoms with Crippen LogP contribution in [-0.4, -0.2) is 14.8 Å². The van der Waals surface area contributed by atoms with Crippen molar-refractivity contribution in [1.29, 1.82) is 0 Å². The molecule has 1 aromatic rings. The summed E-state index contributed by atoms with van der Waals surface area (Å²) in [5, 5.41) is 4.83. The normalized spacial score (nSPS) is 12.5.